The number of hydrogen-bond donors (Lipinski definition) is 1. The van der Waals surface area contributed by atoms with Crippen LogP contribution in [0.15, 0.2) is 10.7 Å². The number of ether oxygens (including phenoxy) is 1. The van der Waals surface area contributed by atoms with Crippen molar-refractivity contribution in [1.29, 1.82) is 0 Å². The van der Waals surface area contributed by atoms with Crippen LogP contribution in [0.25, 0.3) is 0 Å². The molecular weight excluding hydrogens is 180 g/mol. The number of hydrogen-bond acceptors (Lipinski definition) is 4. The minimum absolute atomic E-state index is 0.316. The zero-order chi connectivity index (χ0) is 9.80. The molecule has 1 atom stereocenters. The van der Waals surface area contributed by atoms with E-state index in [0.717, 1.165) is 44.0 Å². The van der Waals surface area contributed by atoms with E-state index in [1.165, 1.54) is 0 Å². The largest absolute Gasteiger partial charge is 0.449 e. The zero-order valence-electron chi connectivity index (χ0n) is 8.45. The highest BCUT2D eigenvalue weighted by Crippen LogP contribution is 2.16. The van der Waals surface area contributed by atoms with Crippen molar-refractivity contribution < 1.29 is 9.15 Å². The summed E-state index contributed by atoms with van der Waals surface area (Å²) >= 11 is 0. The quantitative estimate of drug-likeness (QED) is 0.783. The molecule has 0 amide bonds. The van der Waals surface area contributed by atoms with Crippen LogP contribution in [0.1, 0.15) is 24.4 Å². The Morgan fingerprint density at radius 3 is 3.29 bits per heavy atom. The maximum Gasteiger partial charge on any atom is 0.196 e. The lowest BCUT2D eigenvalue weighted by atomic mass is 10.2. The summed E-state index contributed by atoms with van der Waals surface area (Å²) in [5.41, 5.74) is 0.959. The standard InChI is InChI=1S/C10H16N2O2/c1-11-6-8-7-14-10(12-8)5-9-3-2-4-13-9/h7,9,11H,2-6H2,1H3. The fraction of sp³-hybridized carbons (Fsp3) is 0.700. The van der Waals surface area contributed by atoms with Crippen LogP contribution < -0.4 is 5.32 Å². The van der Waals surface area contributed by atoms with Gasteiger partial charge in [0.2, 0.25) is 0 Å². The van der Waals surface area contributed by atoms with Gasteiger partial charge in [0.25, 0.3) is 0 Å². The van der Waals surface area contributed by atoms with E-state index in [9.17, 15) is 0 Å². The van der Waals surface area contributed by atoms with Gasteiger partial charge in [-0.1, -0.05) is 0 Å². The van der Waals surface area contributed by atoms with Crippen molar-refractivity contribution >= 4 is 0 Å². The number of rotatable bonds is 4. The Labute approximate surface area is 83.7 Å². The highest BCUT2D eigenvalue weighted by molar-refractivity contribution is 4.97. The predicted molar refractivity (Wildman–Crippen MR) is 51.9 cm³/mol. The normalized spacial score (nSPS) is 21.6. The summed E-state index contributed by atoms with van der Waals surface area (Å²) in [6, 6.07) is 0. The van der Waals surface area contributed by atoms with Crippen LogP contribution >= 0.6 is 0 Å². The van der Waals surface area contributed by atoms with E-state index < -0.39 is 0 Å². The van der Waals surface area contributed by atoms with Crippen LogP contribution in [-0.4, -0.2) is 24.7 Å². The van der Waals surface area contributed by atoms with E-state index in [4.69, 9.17) is 9.15 Å². The minimum Gasteiger partial charge on any atom is -0.449 e. The molecule has 1 fully saturated rings. The molecule has 2 heterocycles. The second kappa shape index (κ2) is 4.57. The molecule has 1 N–H and O–H groups in total. The van der Waals surface area contributed by atoms with E-state index in [0.29, 0.717) is 6.10 Å². The van der Waals surface area contributed by atoms with E-state index in [-0.39, 0.29) is 0 Å². The van der Waals surface area contributed by atoms with E-state index >= 15 is 0 Å². The predicted octanol–water partition coefficient (Wildman–Crippen LogP) is 1.12. The van der Waals surface area contributed by atoms with Gasteiger partial charge in [-0.05, 0) is 19.9 Å². The lowest BCUT2D eigenvalue weighted by Gasteiger charge is -2.04. The van der Waals surface area contributed by atoms with Gasteiger partial charge in [0.15, 0.2) is 5.89 Å². The molecule has 1 aliphatic rings. The molecule has 2 rings (SSSR count). The van der Waals surface area contributed by atoms with Crippen molar-refractivity contribution in [3.05, 3.63) is 17.8 Å². The minimum atomic E-state index is 0.316. The molecule has 4 heteroatoms. The van der Waals surface area contributed by atoms with Crippen molar-refractivity contribution in [2.24, 2.45) is 0 Å². The van der Waals surface area contributed by atoms with Crippen molar-refractivity contribution in [3.8, 4) is 0 Å². The summed E-state index contributed by atoms with van der Waals surface area (Å²) in [6.45, 7) is 1.64. The Kier molecular flexibility index (Phi) is 3.16. The van der Waals surface area contributed by atoms with Gasteiger partial charge in [-0.3, -0.25) is 0 Å². The van der Waals surface area contributed by atoms with Gasteiger partial charge in [-0.2, -0.15) is 0 Å². The molecule has 0 radical (unpaired) electrons. The molecule has 78 valence electrons. The summed E-state index contributed by atoms with van der Waals surface area (Å²) in [4.78, 5) is 4.35. The van der Waals surface area contributed by atoms with Gasteiger partial charge >= 0.3 is 0 Å². The van der Waals surface area contributed by atoms with Crippen LogP contribution in [0.2, 0.25) is 0 Å². The lowest BCUT2D eigenvalue weighted by molar-refractivity contribution is 0.106. The molecule has 0 aromatic carbocycles. The van der Waals surface area contributed by atoms with Gasteiger partial charge < -0.3 is 14.5 Å². The Morgan fingerprint density at radius 1 is 1.64 bits per heavy atom. The maximum absolute atomic E-state index is 5.51. The van der Waals surface area contributed by atoms with E-state index in [1.807, 2.05) is 7.05 Å². The average Bonchev–Trinajstić information content (AvgIpc) is 2.79. The first-order valence-electron chi connectivity index (χ1n) is 5.08. The zero-order valence-corrected chi connectivity index (χ0v) is 8.45. The van der Waals surface area contributed by atoms with Crippen LogP contribution in [0.5, 0.6) is 0 Å². The molecule has 1 aromatic rings. The molecule has 0 aliphatic carbocycles. The molecule has 0 spiro atoms. The molecule has 1 aromatic heterocycles. The number of oxazole rings is 1. The Balaban J connectivity index is 1.88. The van der Waals surface area contributed by atoms with Crippen molar-refractivity contribution in [2.45, 2.75) is 31.9 Å². The third kappa shape index (κ3) is 2.33. The third-order valence-corrected chi connectivity index (χ3v) is 2.38. The van der Waals surface area contributed by atoms with Gasteiger partial charge in [-0.25, -0.2) is 4.98 Å². The maximum atomic E-state index is 5.51. The summed E-state index contributed by atoms with van der Waals surface area (Å²) in [5.74, 6) is 0.794. The second-order valence-corrected chi connectivity index (χ2v) is 3.60. The van der Waals surface area contributed by atoms with Gasteiger partial charge in [-0.15, -0.1) is 0 Å². The number of nitrogens with one attached hydrogen (secondary N) is 1. The number of nitrogens with zero attached hydrogens (tertiary/aromatic N) is 1. The molecule has 0 bridgehead atoms. The lowest BCUT2D eigenvalue weighted by Crippen LogP contribution is -2.09. The topological polar surface area (TPSA) is 47.3 Å². The number of aromatic nitrogens is 1. The van der Waals surface area contributed by atoms with Crippen molar-refractivity contribution in [1.82, 2.24) is 10.3 Å². The van der Waals surface area contributed by atoms with Gasteiger partial charge in [0, 0.05) is 13.2 Å². The monoisotopic (exact) mass is 196 g/mol. The van der Waals surface area contributed by atoms with Gasteiger partial charge in [0.1, 0.15) is 6.26 Å². The van der Waals surface area contributed by atoms with Gasteiger partial charge in [0.05, 0.1) is 18.2 Å². The fourth-order valence-corrected chi connectivity index (χ4v) is 1.71. The Bertz CT molecular complexity index is 279. The summed E-state index contributed by atoms with van der Waals surface area (Å²) in [7, 11) is 1.90. The molecule has 4 nitrogen and oxygen atoms in total. The van der Waals surface area contributed by atoms with Crippen LogP contribution in [0.3, 0.4) is 0 Å². The SMILES string of the molecule is CNCc1coc(CC2CCCO2)n1. The van der Waals surface area contributed by atoms with Crippen molar-refractivity contribution in [3.63, 3.8) is 0 Å². The highest BCUT2D eigenvalue weighted by atomic mass is 16.5. The molecule has 1 unspecified atom stereocenters. The van der Waals surface area contributed by atoms with Crippen LogP contribution in [0, 0.1) is 0 Å². The Hall–Kier alpha value is -0.870. The van der Waals surface area contributed by atoms with E-state index in [1.54, 1.807) is 6.26 Å². The smallest absolute Gasteiger partial charge is 0.196 e. The molecule has 1 saturated heterocycles. The van der Waals surface area contributed by atoms with Crippen LogP contribution in [-0.2, 0) is 17.7 Å². The second-order valence-electron chi connectivity index (χ2n) is 3.60. The van der Waals surface area contributed by atoms with E-state index in [2.05, 4.69) is 10.3 Å². The first-order valence-corrected chi connectivity index (χ1v) is 5.08. The third-order valence-electron chi connectivity index (χ3n) is 2.38. The molecule has 1 aliphatic heterocycles. The first kappa shape index (κ1) is 9.68. The summed E-state index contributed by atoms with van der Waals surface area (Å²) in [6.07, 6.45) is 5.12. The molecule has 0 saturated carbocycles. The molecule has 14 heavy (non-hydrogen) atoms. The Morgan fingerprint density at radius 2 is 2.57 bits per heavy atom. The average molecular weight is 196 g/mol. The van der Waals surface area contributed by atoms with Crippen LogP contribution in [0.4, 0.5) is 0 Å². The first-order chi connectivity index (χ1) is 6.88. The molecular formula is C10H16N2O2. The van der Waals surface area contributed by atoms with Crippen molar-refractivity contribution in [2.75, 3.05) is 13.7 Å². The summed E-state index contributed by atoms with van der Waals surface area (Å²) < 4.78 is 10.9. The highest BCUT2D eigenvalue weighted by Gasteiger charge is 2.18. The summed E-state index contributed by atoms with van der Waals surface area (Å²) in [5, 5.41) is 3.04. The fourth-order valence-electron chi connectivity index (χ4n) is 1.71.